The predicted octanol–water partition coefficient (Wildman–Crippen LogP) is 3.71. The van der Waals surface area contributed by atoms with Gasteiger partial charge in [0.1, 0.15) is 11.9 Å². The maximum Gasteiger partial charge on any atom is 0.254 e. The highest BCUT2D eigenvalue weighted by atomic mass is 19.1. The molecule has 0 spiro atoms. The van der Waals surface area contributed by atoms with Gasteiger partial charge in [0, 0.05) is 43.6 Å². The zero-order valence-corrected chi connectivity index (χ0v) is 18.2. The molecule has 5 nitrogen and oxygen atoms in total. The molecule has 2 heterocycles. The number of halogens is 1. The van der Waals surface area contributed by atoms with Gasteiger partial charge in [-0.05, 0) is 28.7 Å². The van der Waals surface area contributed by atoms with Crippen molar-refractivity contribution in [3.63, 3.8) is 0 Å². The Bertz CT molecular complexity index is 1060. The number of Topliss-reactive ketones (excluding diaryl/α,β-unsaturated/α-hetero) is 1. The second kappa shape index (κ2) is 7.91. The van der Waals surface area contributed by atoms with E-state index in [9.17, 15) is 18.8 Å². The van der Waals surface area contributed by atoms with E-state index in [1.165, 1.54) is 6.07 Å². The molecule has 1 atom stereocenters. The van der Waals surface area contributed by atoms with Gasteiger partial charge in [-0.2, -0.15) is 0 Å². The van der Waals surface area contributed by atoms with Gasteiger partial charge in [-0.1, -0.05) is 51.1 Å². The quantitative estimate of drug-likeness (QED) is 0.741. The molecule has 4 rings (SSSR count). The minimum absolute atomic E-state index is 0.0102. The van der Waals surface area contributed by atoms with Gasteiger partial charge in [0.2, 0.25) is 5.91 Å². The molecule has 0 radical (unpaired) electrons. The van der Waals surface area contributed by atoms with Crippen LogP contribution in [0.1, 0.15) is 43.1 Å². The largest absolute Gasteiger partial charge is 0.338 e. The van der Waals surface area contributed by atoms with Crippen LogP contribution in [0.4, 0.5) is 4.39 Å². The summed E-state index contributed by atoms with van der Waals surface area (Å²) in [4.78, 5) is 42.4. The summed E-state index contributed by atoms with van der Waals surface area (Å²) in [6.45, 7) is 6.97. The minimum atomic E-state index is -0.644. The first-order valence-electron chi connectivity index (χ1n) is 10.6. The standard InChI is InChI=1S/C25H27FN2O3/c1-25(2,3)14-23(30)27-10-11-28-21(15-27)22(29)13-17-9-8-16(12-19(17)24(28)31)18-6-4-5-7-20(18)26/h4-9,12,21H,10-11,13-15H2,1-3H3/t21-/m1/s1. The summed E-state index contributed by atoms with van der Waals surface area (Å²) in [7, 11) is 0. The maximum atomic E-state index is 14.3. The third kappa shape index (κ3) is 4.24. The molecule has 1 saturated heterocycles. The van der Waals surface area contributed by atoms with Crippen molar-refractivity contribution < 1.29 is 18.8 Å². The number of fused-ring (bicyclic) bond motifs is 2. The molecule has 2 aromatic carbocycles. The van der Waals surface area contributed by atoms with Crippen LogP contribution in [0, 0.1) is 11.2 Å². The van der Waals surface area contributed by atoms with Crippen molar-refractivity contribution in [2.24, 2.45) is 5.41 Å². The molecule has 6 heteroatoms. The van der Waals surface area contributed by atoms with Crippen molar-refractivity contribution in [3.8, 4) is 11.1 Å². The van der Waals surface area contributed by atoms with Gasteiger partial charge in [-0.3, -0.25) is 14.4 Å². The fourth-order valence-electron chi connectivity index (χ4n) is 4.35. The molecule has 0 unspecified atom stereocenters. The summed E-state index contributed by atoms with van der Waals surface area (Å²) in [6.07, 6.45) is 0.523. The number of hydrogen-bond donors (Lipinski definition) is 0. The molecule has 2 aliphatic heterocycles. The minimum Gasteiger partial charge on any atom is -0.338 e. The Balaban J connectivity index is 1.62. The first kappa shape index (κ1) is 21.2. The van der Waals surface area contributed by atoms with Crippen molar-refractivity contribution in [3.05, 3.63) is 59.4 Å². The smallest absolute Gasteiger partial charge is 0.254 e. The Hall–Kier alpha value is -3.02. The molecular formula is C25H27FN2O3. The highest BCUT2D eigenvalue weighted by Gasteiger charge is 2.40. The summed E-state index contributed by atoms with van der Waals surface area (Å²) >= 11 is 0. The first-order valence-corrected chi connectivity index (χ1v) is 10.6. The highest BCUT2D eigenvalue weighted by Crippen LogP contribution is 2.30. The second-order valence-electron chi connectivity index (χ2n) is 9.59. The number of amides is 2. The first-order chi connectivity index (χ1) is 14.6. The summed E-state index contributed by atoms with van der Waals surface area (Å²) < 4.78 is 14.3. The van der Waals surface area contributed by atoms with Crippen LogP contribution in [0.15, 0.2) is 42.5 Å². The lowest BCUT2D eigenvalue weighted by Gasteiger charge is -2.40. The Kier molecular flexibility index (Phi) is 5.42. The van der Waals surface area contributed by atoms with Gasteiger partial charge < -0.3 is 9.80 Å². The van der Waals surface area contributed by atoms with E-state index >= 15 is 0 Å². The van der Waals surface area contributed by atoms with Gasteiger partial charge in [0.05, 0.1) is 0 Å². The van der Waals surface area contributed by atoms with Crippen LogP contribution in [-0.2, 0) is 16.0 Å². The van der Waals surface area contributed by atoms with Crippen molar-refractivity contribution in [1.82, 2.24) is 9.80 Å². The predicted molar refractivity (Wildman–Crippen MR) is 116 cm³/mol. The molecule has 2 aliphatic rings. The highest BCUT2D eigenvalue weighted by molar-refractivity contribution is 6.04. The number of rotatable bonds is 2. The molecule has 162 valence electrons. The van der Waals surface area contributed by atoms with E-state index in [1.807, 2.05) is 20.8 Å². The van der Waals surface area contributed by atoms with Crippen LogP contribution in [0.5, 0.6) is 0 Å². The van der Waals surface area contributed by atoms with Crippen LogP contribution >= 0.6 is 0 Å². The Morgan fingerprint density at radius 2 is 1.81 bits per heavy atom. The Morgan fingerprint density at radius 3 is 2.52 bits per heavy atom. The number of hydrogen-bond acceptors (Lipinski definition) is 3. The fourth-order valence-corrected chi connectivity index (χ4v) is 4.35. The molecule has 2 amide bonds. The second-order valence-corrected chi connectivity index (χ2v) is 9.59. The normalized spacial score (nSPS) is 19.0. The zero-order chi connectivity index (χ0) is 22.3. The Labute approximate surface area is 181 Å². The molecule has 1 fully saturated rings. The van der Waals surface area contributed by atoms with E-state index in [2.05, 4.69) is 0 Å². The van der Waals surface area contributed by atoms with Gasteiger partial charge >= 0.3 is 0 Å². The summed E-state index contributed by atoms with van der Waals surface area (Å²) in [5.41, 5.74) is 1.97. The number of carbonyl (C=O) groups is 3. The molecule has 0 N–H and O–H groups in total. The van der Waals surface area contributed by atoms with Crippen LogP contribution in [0.3, 0.4) is 0 Å². The average molecular weight is 423 g/mol. The molecule has 0 saturated carbocycles. The number of ketones is 1. The average Bonchev–Trinajstić information content (AvgIpc) is 2.81. The van der Waals surface area contributed by atoms with E-state index in [0.29, 0.717) is 41.8 Å². The monoisotopic (exact) mass is 422 g/mol. The molecule has 0 bridgehead atoms. The van der Waals surface area contributed by atoms with Gasteiger partial charge in [0.15, 0.2) is 5.78 Å². The third-order valence-electron chi connectivity index (χ3n) is 5.94. The van der Waals surface area contributed by atoms with Crippen LogP contribution in [-0.4, -0.2) is 53.1 Å². The van der Waals surface area contributed by atoms with Gasteiger partial charge in [-0.25, -0.2) is 4.39 Å². The number of nitrogens with zero attached hydrogens (tertiary/aromatic N) is 2. The van der Waals surface area contributed by atoms with Crippen molar-refractivity contribution in [2.45, 2.75) is 39.7 Å². The van der Waals surface area contributed by atoms with Crippen LogP contribution in [0.25, 0.3) is 11.1 Å². The van der Waals surface area contributed by atoms with Crippen molar-refractivity contribution in [2.75, 3.05) is 19.6 Å². The van der Waals surface area contributed by atoms with E-state index in [4.69, 9.17) is 0 Å². The SMILES string of the molecule is CC(C)(C)CC(=O)N1CCN2C(=O)c3cc(-c4ccccc4F)ccc3CC(=O)[C@H]2C1. The fraction of sp³-hybridized carbons (Fsp3) is 0.400. The van der Waals surface area contributed by atoms with E-state index in [1.54, 1.807) is 46.2 Å². The molecule has 31 heavy (non-hydrogen) atoms. The number of benzene rings is 2. The van der Waals surface area contributed by atoms with Crippen molar-refractivity contribution >= 4 is 17.6 Å². The lowest BCUT2D eigenvalue weighted by Crippen LogP contribution is -2.59. The van der Waals surface area contributed by atoms with E-state index in [0.717, 1.165) is 0 Å². The van der Waals surface area contributed by atoms with Gasteiger partial charge in [-0.15, -0.1) is 0 Å². The summed E-state index contributed by atoms with van der Waals surface area (Å²) in [6, 6.07) is 11.0. The molecule has 0 aliphatic carbocycles. The molecule has 0 aromatic heterocycles. The van der Waals surface area contributed by atoms with E-state index < -0.39 is 6.04 Å². The lowest BCUT2D eigenvalue weighted by atomic mass is 9.91. The van der Waals surface area contributed by atoms with Crippen LogP contribution in [0.2, 0.25) is 0 Å². The summed E-state index contributed by atoms with van der Waals surface area (Å²) in [5, 5.41) is 0. The van der Waals surface area contributed by atoms with Crippen LogP contribution < -0.4 is 0 Å². The molecular weight excluding hydrogens is 395 g/mol. The van der Waals surface area contributed by atoms with E-state index in [-0.39, 0.29) is 41.8 Å². The Morgan fingerprint density at radius 1 is 1.06 bits per heavy atom. The third-order valence-corrected chi connectivity index (χ3v) is 5.94. The summed E-state index contributed by atoms with van der Waals surface area (Å²) in [5.74, 6) is -0.648. The number of carbonyl (C=O) groups excluding carboxylic acids is 3. The topological polar surface area (TPSA) is 57.7 Å². The maximum absolute atomic E-state index is 14.3. The zero-order valence-electron chi connectivity index (χ0n) is 18.2. The lowest BCUT2D eigenvalue weighted by molar-refractivity contribution is -0.137. The van der Waals surface area contributed by atoms with Gasteiger partial charge in [0.25, 0.3) is 5.91 Å². The van der Waals surface area contributed by atoms with Crippen molar-refractivity contribution in [1.29, 1.82) is 0 Å². The number of piperazine rings is 1. The molecule has 2 aromatic rings.